The number of aryl methyl sites for hydroxylation is 2. The molecule has 1 atom stereocenters. The van der Waals surface area contributed by atoms with Gasteiger partial charge in [-0.25, -0.2) is 6.08 Å². The van der Waals surface area contributed by atoms with Crippen molar-refractivity contribution < 1.29 is 49.0 Å². The van der Waals surface area contributed by atoms with Gasteiger partial charge in [-0.1, -0.05) is 116 Å². The van der Waals surface area contributed by atoms with E-state index in [-0.39, 0.29) is 35.6 Å². The fourth-order valence-corrected chi connectivity index (χ4v) is 6.44. The van der Waals surface area contributed by atoms with Gasteiger partial charge in [0.05, 0.1) is 0 Å². The molecule has 5 aromatic rings. The number of halogens is 2. The van der Waals surface area contributed by atoms with E-state index in [1.54, 1.807) is 0 Å². The molecule has 0 radical (unpaired) electrons. The van der Waals surface area contributed by atoms with E-state index in [1.807, 2.05) is 0 Å². The van der Waals surface area contributed by atoms with Crippen molar-refractivity contribution in [2.75, 3.05) is 0 Å². The van der Waals surface area contributed by atoms with Gasteiger partial charge < -0.3 is 24.8 Å². The molecule has 6 rings (SSSR count). The summed E-state index contributed by atoms with van der Waals surface area (Å²) >= 11 is 1.46. The van der Waals surface area contributed by atoms with Crippen LogP contribution in [0.25, 0.3) is 21.5 Å². The van der Waals surface area contributed by atoms with Gasteiger partial charge in [-0.05, 0) is 10.8 Å². The van der Waals surface area contributed by atoms with E-state index in [2.05, 4.69) is 192 Å². The predicted molar refractivity (Wildman–Crippen MR) is 205 cm³/mol. The second-order valence-electron chi connectivity index (χ2n) is 16.3. The first-order chi connectivity index (χ1) is 21.8. The van der Waals surface area contributed by atoms with Crippen molar-refractivity contribution in [3.05, 3.63) is 148 Å². The fourth-order valence-electron chi connectivity index (χ4n) is 5.62. The van der Waals surface area contributed by atoms with Crippen molar-refractivity contribution in [1.82, 2.24) is 0 Å². The van der Waals surface area contributed by atoms with E-state index in [1.165, 1.54) is 87.9 Å². The molecule has 1 unspecified atom stereocenters. The van der Waals surface area contributed by atoms with Crippen molar-refractivity contribution >= 4 is 24.8 Å². The van der Waals surface area contributed by atoms with Crippen LogP contribution in [0.5, 0.6) is 0 Å². The number of benzene rings is 4. The van der Waals surface area contributed by atoms with Crippen molar-refractivity contribution in [3.8, 4) is 0 Å². The van der Waals surface area contributed by atoms with Crippen molar-refractivity contribution in [2.45, 2.75) is 93.9 Å². The molecule has 1 aliphatic carbocycles. The predicted octanol–water partition coefficient (Wildman–Crippen LogP) is 6.70. The minimum Gasteiger partial charge on any atom is -1.00 e. The summed E-state index contributed by atoms with van der Waals surface area (Å²) in [6.07, 6.45) is 7.65. The molecule has 0 nitrogen and oxygen atoms in total. The first-order valence-electron chi connectivity index (χ1n) is 17.0. The smallest absolute Gasteiger partial charge is 1.00 e. The molecule has 0 aromatic heterocycles. The molecule has 0 bridgehead atoms. The number of rotatable bonds is 2. The van der Waals surface area contributed by atoms with E-state index in [9.17, 15) is 0 Å². The van der Waals surface area contributed by atoms with Crippen LogP contribution in [0.4, 0.5) is 0 Å². The van der Waals surface area contributed by atoms with Gasteiger partial charge in [-0.3, -0.25) is 6.08 Å². The Morgan fingerprint density at radius 2 is 0.980 bits per heavy atom. The summed E-state index contributed by atoms with van der Waals surface area (Å²) in [5, 5.41) is 5.48. The molecule has 0 saturated carbocycles. The molecule has 0 N–H and O–H groups in total. The quantitative estimate of drug-likeness (QED) is 0.176. The average Bonchev–Trinajstić information content (AvgIpc) is 3.60. The van der Waals surface area contributed by atoms with E-state index in [4.69, 9.17) is 0 Å². The molecule has 49 heavy (non-hydrogen) atoms. The Balaban J connectivity index is 0.000000265. The van der Waals surface area contributed by atoms with Crippen LogP contribution in [-0.4, -0.2) is 3.21 Å². The van der Waals surface area contributed by atoms with Gasteiger partial charge in [0.15, 0.2) is 0 Å². The second-order valence-corrected chi connectivity index (χ2v) is 17.6. The van der Waals surface area contributed by atoms with Crippen LogP contribution < -0.4 is 24.8 Å². The van der Waals surface area contributed by atoms with Gasteiger partial charge in [0, 0.05) is 0 Å². The summed E-state index contributed by atoms with van der Waals surface area (Å²) in [6.45, 7) is 26.7. The largest absolute Gasteiger partial charge is 1.00 e. The molecule has 0 saturated heterocycles. The van der Waals surface area contributed by atoms with E-state index >= 15 is 0 Å². The van der Waals surface area contributed by atoms with Crippen LogP contribution >= 0.6 is 0 Å². The Kier molecular flexibility index (Phi) is 15.0. The van der Waals surface area contributed by atoms with Gasteiger partial charge in [-0.2, -0.15) is 11.6 Å². The third-order valence-corrected chi connectivity index (χ3v) is 10.3. The molecule has 0 fully saturated rings. The van der Waals surface area contributed by atoms with Crippen LogP contribution in [0, 0.1) is 31.3 Å². The van der Waals surface area contributed by atoms with Crippen LogP contribution in [0.2, 0.25) is 0 Å². The van der Waals surface area contributed by atoms with Crippen LogP contribution in [0.3, 0.4) is 0 Å². The zero-order chi connectivity index (χ0) is 34.7. The van der Waals surface area contributed by atoms with E-state index in [0.717, 1.165) is 0 Å². The molecule has 0 aliphatic heterocycles. The third-order valence-electron chi connectivity index (χ3n) is 8.91. The number of allylic oxidation sites excluding steroid dienone is 4. The molecule has 0 heterocycles. The monoisotopic (exact) mass is 766 g/mol. The summed E-state index contributed by atoms with van der Waals surface area (Å²) in [7, 11) is 0. The number of fused-ring (bicyclic) bond motifs is 3. The fraction of sp³-hybridized carbons (Fsp3) is 0.348. The maximum Gasteiger partial charge on any atom is -1.00 e. The summed E-state index contributed by atoms with van der Waals surface area (Å²) in [6, 6.07) is 33.7. The Hall–Kier alpha value is -2.44. The molecular weight excluding hydrogens is 715 g/mol. The van der Waals surface area contributed by atoms with Gasteiger partial charge in [0.25, 0.3) is 0 Å². The molecule has 5 aromatic carbocycles. The summed E-state index contributed by atoms with van der Waals surface area (Å²) in [5.41, 5.74) is 10.2. The Morgan fingerprint density at radius 1 is 0.592 bits per heavy atom. The molecular formula is C46H54Cl2Zr-2. The summed E-state index contributed by atoms with van der Waals surface area (Å²) in [5.74, 6) is 0.522. The third kappa shape index (κ3) is 11.5. The van der Waals surface area contributed by atoms with Crippen LogP contribution in [-0.2, 0) is 35.1 Å². The molecule has 3 heteroatoms. The molecule has 1 aliphatic rings. The van der Waals surface area contributed by atoms with Gasteiger partial charge >= 0.3 is 112 Å². The average molecular weight is 769 g/mol. The van der Waals surface area contributed by atoms with Crippen molar-refractivity contribution in [3.63, 3.8) is 0 Å². The minimum atomic E-state index is 0. The maximum atomic E-state index is 3.26. The van der Waals surface area contributed by atoms with Gasteiger partial charge in [0.1, 0.15) is 0 Å². The molecule has 0 amide bonds. The first-order valence-corrected chi connectivity index (χ1v) is 18.2. The topological polar surface area (TPSA) is 0 Å². The first kappa shape index (κ1) is 42.7. The Bertz CT molecular complexity index is 1780. The maximum absolute atomic E-state index is 3.26. The second kappa shape index (κ2) is 17.2. The minimum absolute atomic E-state index is 0. The van der Waals surface area contributed by atoms with Gasteiger partial charge in [-0.15, -0.1) is 39.7 Å². The summed E-state index contributed by atoms with van der Waals surface area (Å²) in [4.78, 5) is 0. The van der Waals surface area contributed by atoms with Crippen LogP contribution in [0.15, 0.2) is 109 Å². The zero-order valence-corrected chi connectivity index (χ0v) is 35.6. The van der Waals surface area contributed by atoms with E-state index in [0.29, 0.717) is 11.3 Å². The normalized spacial score (nSPS) is 14.2. The van der Waals surface area contributed by atoms with Crippen molar-refractivity contribution in [1.29, 1.82) is 0 Å². The SMILES string of the molecule is CC(C)(C)c1ccc2c(c1)[cH-]c1cc(C(C)(C)C)ccc12.CC1[C-]=CC(C(C)(C)C)=C1.Cc1ccc([C](=[Zr+2])c2ccc(C)cc2)cc1.[Cl-].[Cl-]. The van der Waals surface area contributed by atoms with Crippen LogP contribution in [0.1, 0.15) is 103 Å². The number of hydrogen-bond acceptors (Lipinski definition) is 0. The summed E-state index contributed by atoms with van der Waals surface area (Å²) < 4.78 is 1.42. The van der Waals surface area contributed by atoms with E-state index < -0.39 is 0 Å². The Labute approximate surface area is 325 Å². The van der Waals surface area contributed by atoms with Crippen molar-refractivity contribution in [2.24, 2.45) is 11.3 Å². The Morgan fingerprint density at radius 3 is 1.27 bits per heavy atom. The molecule has 258 valence electrons. The molecule has 0 spiro atoms. The van der Waals surface area contributed by atoms with Gasteiger partial charge in [0.2, 0.25) is 0 Å². The zero-order valence-electron chi connectivity index (χ0n) is 31.6. The number of hydrogen-bond donors (Lipinski definition) is 0. The standard InChI is InChI=1S/C21H25.C15H14.C10H15.2ClH.Zr/c1-20(2,3)16-7-9-18-14(12-16)11-15-13-17(21(4,5)6)8-10-19(15)18;1-12-3-7-14(8-4-12)11-15-9-5-13(2)6-10-15;1-8-5-6-9(7-8)10(2,3)4;;;/h7-13H,1-6H3;3-10H,1-2H3;6-8H,1-4H3;2*1H;/q-1;;-1;;;+2/p-2.